The molecule has 3 nitrogen and oxygen atoms in total. The van der Waals surface area contributed by atoms with Gasteiger partial charge in [0.05, 0.1) is 5.56 Å². The molecule has 2 aromatic carbocycles. The summed E-state index contributed by atoms with van der Waals surface area (Å²) in [6, 6.07) is 8.54. The Hall–Kier alpha value is -2.42. The van der Waals surface area contributed by atoms with Crippen LogP contribution in [0.25, 0.3) is 0 Å². The third-order valence-electron chi connectivity index (χ3n) is 4.12. The van der Waals surface area contributed by atoms with Crippen molar-refractivity contribution in [3.63, 3.8) is 0 Å². The van der Waals surface area contributed by atoms with E-state index in [0.717, 1.165) is 11.1 Å². The van der Waals surface area contributed by atoms with Crippen LogP contribution in [0, 0.1) is 0 Å². The molecule has 0 heterocycles. The monoisotopic (exact) mass is 280 g/mol. The van der Waals surface area contributed by atoms with E-state index >= 15 is 0 Å². The lowest BCUT2D eigenvalue weighted by Gasteiger charge is -2.21. The summed E-state index contributed by atoms with van der Waals surface area (Å²) in [7, 11) is 0. The maximum absolute atomic E-state index is 12.6. The Morgan fingerprint density at radius 1 is 0.905 bits per heavy atom. The number of aryl methyl sites for hydroxylation is 1. The van der Waals surface area contributed by atoms with Crippen LogP contribution in [0.2, 0.25) is 0 Å². The molecular formula is C18H16O3. The number of benzene rings is 2. The van der Waals surface area contributed by atoms with Crippen molar-refractivity contribution in [3.05, 3.63) is 63.7 Å². The predicted molar refractivity (Wildman–Crippen MR) is 80.2 cm³/mol. The van der Waals surface area contributed by atoms with Crippen molar-refractivity contribution in [1.29, 1.82) is 0 Å². The van der Waals surface area contributed by atoms with Crippen molar-refractivity contribution >= 4 is 11.6 Å². The summed E-state index contributed by atoms with van der Waals surface area (Å²) in [6.45, 7) is 3.91. The van der Waals surface area contributed by atoms with E-state index in [1.165, 1.54) is 0 Å². The Morgan fingerprint density at radius 2 is 1.52 bits per heavy atom. The summed E-state index contributed by atoms with van der Waals surface area (Å²) in [6.07, 6.45) is 1.35. The van der Waals surface area contributed by atoms with Crippen LogP contribution in [0.15, 0.2) is 30.3 Å². The summed E-state index contributed by atoms with van der Waals surface area (Å²) in [5.74, 6) is -0.484. The van der Waals surface area contributed by atoms with Crippen LogP contribution in [0.1, 0.15) is 56.8 Å². The molecule has 0 fully saturated rings. The second kappa shape index (κ2) is 4.85. The summed E-state index contributed by atoms with van der Waals surface area (Å²) in [5.41, 5.74) is 2.96. The maximum atomic E-state index is 12.6. The lowest BCUT2D eigenvalue weighted by atomic mass is 9.80. The molecule has 0 amide bonds. The van der Waals surface area contributed by atoms with Crippen molar-refractivity contribution in [2.24, 2.45) is 0 Å². The molecule has 3 heteroatoms. The van der Waals surface area contributed by atoms with Gasteiger partial charge in [0.15, 0.2) is 11.6 Å². The van der Waals surface area contributed by atoms with Gasteiger partial charge in [-0.15, -0.1) is 0 Å². The van der Waals surface area contributed by atoms with E-state index in [9.17, 15) is 14.7 Å². The van der Waals surface area contributed by atoms with E-state index in [1.54, 1.807) is 30.3 Å². The van der Waals surface area contributed by atoms with Gasteiger partial charge in [-0.25, -0.2) is 0 Å². The number of aromatic hydroxyl groups is 1. The van der Waals surface area contributed by atoms with Crippen LogP contribution < -0.4 is 0 Å². The number of hydrogen-bond donors (Lipinski definition) is 1. The van der Waals surface area contributed by atoms with Gasteiger partial charge >= 0.3 is 0 Å². The van der Waals surface area contributed by atoms with Crippen LogP contribution in [-0.4, -0.2) is 16.7 Å². The first-order valence-electron chi connectivity index (χ1n) is 7.16. The van der Waals surface area contributed by atoms with Crippen molar-refractivity contribution in [2.45, 2.75) is 26.7 Å². The molecule has 0 saturated carbocycles. The van der Waals surface area contributed by atoms with Crippen LogP contribution in [0.5, 0.6) is 5.75 Å². The Balaban J connectivity index is 2.35. The molecule has 106 valence electrons. The van der Waals surface area contributed by atoms with E-state index in [0.29, 0.717) is 29.5 Å². The summed E-state index contributed by atoms with van der Waals surface area (Å²) < 4.78 is 0. The fraction of sp³-hybridized carbons (Fsp3) is 0.222. The first kappa shape index (κ1) is 13.6. The van der Waals surface area contributed by atoms with E-state index < -0.39 is 0 Å². The van der Waals surface area contributed by atoms with Crippen LogP contribution in [0.4, 0.5) is 0 Å². The molecule has 21 heavy (non-hydrogen) atoms. The van der Waals surface area contributed by atoms with Gasteiger partial charge in [-0.2, -0.15) is 0 Å². The lowest BCUT2D eigenvalue weighted by Crippen LogP contribution is -2.22. The molecule has 2 aromatic rings. The average Bonchev–Trinajstić information content (AvgIpc) is 2.51. The van der Waals surface area contributed by atoms with Crippen LogP contribution in [-0.2, 0) is 12.8 Å². The smallest absolute Gasteiger partial charge is 0.198 e. The number of phenolic OH excluding ortho intramolecular Hbond substituents is 1. The second-order valence-corrected chi connectivity index (χ2v) is 5.20. The van der Waals surface area contributed by atoms with Crippen molar-refractivity contribution in [1.82, 2.24) is 0 Å². The SMILES string of the molecule is CCc1cc2c(c(O)c1CC)C(=O)c1ccccc1C2=O. The van der Waals surface area contributed by atoms with Gasteiger partial charge in [-0.1, -0.05) is 38.1 Å². The predicted octanol–water partition coefficient (Wildman–Crippen LogP) is 3.29. The topological polar surface area (TPSA) is 54.4 Å². The van der Waals surface area contributed by atoms with Gasteiger partial charge in [0.25, 0.3) is 0 Å². The zero-order valence-electron chi connectivity index (χ0n) is 12.1. The summed E-state index contributed by atoms with van der Waals surface area (Å²) in [5, 5.41) is 10.5. The zero-order valence-corrected chi connectivity index (χ0v) is 12.1. The number of hydrogen-bond acceptors (Lipinski definition) is 3. The highest BCUT2D eigenvalue weighted by atomic mass is 16.3. The standard InChI is InChI=1S/C18H16O3/c1-3-10-9-14-15(17(20)11(10)4-2)18(21)13-8-6-5-7-12(13)16(14)19/h5-9,20H,3-4H2,1-2H3. The molecule has 0 bridgehead atoms. The van der Waals surface area contributed by atoms with Gasteiger partial charge in [-0.05, 0) is 30.0 Å². The molecule has 0 radical (unpaired) electrons. The van der Waals surface area contributed by atoms with Gasteiger partial charge in [0.1, 0.15) is 5.75 Å². The Kier molecular flexibility index (Phi) is 3.13. The summed E-state index contributed by atoms with van der Waals surface area (Å²) in [4.78, 5) is 25.2. The van der Waals surface area contributed by atoms with Crippen molar-refractivity contribution < 1.29 is 14.7 Å². The lowest BCUT2D eigenvalue weighted by molar-refractivity contribution is 0.0976. The number of rotatable bonds is 2. The third-order valence-corrected chi connectivity index (χ3v) is 4.12. The van der Waals surface area contributed by atoms with Crippen molar-refractivity contribution in [2.75, 3.05) is 0 Å². The molecule has 1 N–H and O–H groups in total. The number of carbonyl (C=O) groups is 2. The maximum Gasteiger partial charge on any atom is 0.198 e. The van der Waals surface area contributed by atoms with Crippen molar-refractivity contribution in [3.8, 4) is 5.75 Å². The third kappa shape index (κ3) is 1.81. The van der Waals surface area contributed by atoms with Gasteiger partial charge in [0, 0.05) is 16.7 Å². The molecular weight excluding hydrogens is 264 g/mol. The quantitative estimate of drug-likeness (QED) is 0.783. The zero-order chi connectivity index (χ0) is 15.1. The van der Waals surface area contributed by atoms with Crippen LogP contribution in [0.3, 0.4) is 0 Å². The van der Waals surface area contributed by atoms with E-state index in [1.807, 2.05) is 13.8 Å². The highest BCUT2D eigenvalue weighted by Gasteiger charge is 2.33. The van der Waals surface area contributed by atoms with Gasteiger partial charge in [-0.3, -0.25) is 9.59 Å². The molecule has 1 aliphatic carbocycles. The molecule has 0 aromatic heterocycles. The molecule has 3 rings (SSSR count). The number of fused-ring (bicyclic) bond motifs is 2. The summed E-state index contributed by atoms with van der Waals surface area (Å²) >= 11 is 0. The Labute approximate surface area is 123 Å². The Bertz CT molecular complexity index is 772. The minimum absolute atomic E-state index is 0.0281. The minimum Gasteiger partial charge on any atom is -0.507 e. The van der Waals surface area contributed by atoms with E-state index in [2.05, 4.69) is 0 Å². The first-order valence-corrected chi connectivity index (χ1v) is 7.16. The van der Waals surface area contributed by atoms with Crippen LogP contribution >= 0.6 is 0 Å². The fourth-order valence-corrected chi connectivity index (χ4v) is 3.04. The molecule has 0 unspecified atom stereocenters. The van der Waals surface area contributed by atoms with Gasteiger partial charge < -0.3 is 5.11 Å². The second-order valence-electron chi connectivity index (χ2n) is 5.20. The highest BCUT2D eigenvalue weighted by Crippen LogP contribution is 2.37. The molecule has 0 aliphatic heterocycles. The normalized spacial score (nSPS) is 13.0. The molecule has 0 atom stereocenters. The van der Waals surface area contributed by atoms with E-state index in [4.69, 9.17) is 0 Å². The number of phenols is 1. The molecule has 0 saturated heterocycles. The number of ketones is 2. The molecule has 1 aliphatic rings. The van der Waals surface area contributed by atoms with E-state index in [-0.39, 0.29) is 22.9 Å². The fourth-order valence-electron chi connectivity index (χ4n) is 3.04. The Morgan fingerprint density at radius 3 is 2.10 bits per heavy atom. The largest absolute Gasteiger partial charge is 0.507 e. The average molecular weight is 280 g/mol. The highest BCUT2D eigenvalue weighted by molar-refractivity contribution is 6.29. The minimum atomic E-state index is -0.268. The molecule has 0 spiro atoms. The first-order chi connectivity index (χ1) is 10.1. The van der Waals surface area contributed by atoms with Gasteiger partial charge in [0.2, 0.25) is 0 Å². The number of carbonyl (C=O) groups excluding carboxylic acids is 2.